The van der Waals surface area contributed by atoms with Gasteiger partial charge in [-0.15, -0.1) is 0 Å². The molecule has 2 rings (SSSR count). The van der Waals surface area contributed by atoms with E-state index in [1.165, 1.54) is 5.56 Å². The molecule has 0 fully saturated rings. The summed E-state index contributed by atoms with van der Waals surface area (Å²) in [5.41, 5.74) is 1.17. The van der Waals surface area contributed by atoms with E-state index in [9.17, 15) is 0 Å². The van der Waals surface area contributed by atoms with Gasteiger partial charge in [0.2, 0.25) is 5.88 Å². The zero-order valence-corrected chi connectivity index (χ0v) is 6.77. The van der Waals surface area contributed by atoms with E-state index in [0.717, 1.165) is 19.4 Å². The molecule has 11 heavy (non-hydrogen) atoms. The highest BCUT2D eigenvalue weighted by molar-refractivity contribution is 6.29. The maximum absolute atomic E-state index is 5.69. The summed E-state index contributed by atoms with van der Waals surface area (Å²) in [5, 5.41) is 0.505. The molecule has 0 spiro atoms. The Kier molecular flexibility index (Phi) is 1.70. The molecule has 0 radical (unpaired) electrons. The van der Waals surface area contributed by atoms with Crippen molar-refractivity contribution in [3.8, 4) is 5.88 Å². The van der Waals surface area contributed by atoms with Gasteiger partial charge in [0.25, 0.3) is 0 Å². The van der Waals surface area contributed by atoms with Gasteiger partial charge in [-0.3, -0.25) is 0 Å². The number of nitrogens with zero attached hydrogens (tertiary/aromatic N) is 1. The number of pyridine rings is 1. The van der Waals surface area contributed by atoms with Gasteiger partial charge in [0, 0.05) is 5.56 Å². The first-order chi connectivity index (χ1) is 5.36. The average Bonchev–Trinajstić information content (AvgIpc) is 2.04. The van der Waals surface area contributed by atoms with Gasteiger partial charge in [-0.1, -0.05) is 17.7 Å². The van der Waals surface area contributed by atoms with Crippen LogP contribution in [0.2, 0.25) is 5.15 Å². The van der Waals surface area contributed by atoms with E-state index in [1.807, 2.05) is 6.07 Å². The lowest BCUT2D eigenvalue weighted by atomic mass is 10.1. The minimum absolute atomic E-state index is 0.505. The van der Waals surface area contributed by atoms with Crippen LogP contribution in [0.15, 0.2) is 12.1 Å². The van der Waals surface area contributed by atoms with Crippen LogP contribution in [0.1, 0.15) is 12.0 Å². The van der Waals surface area contributed by atoms with E-state index in [2.05, 4.69) is 4.98 Å². The molecule has 1 aliphatic rings. The van der Waals surface area contributed by atoms with Gasteiger partial charge in [0.1, 0.15) is 5.15 Å². The molecule has 0 N–H and O–H groups in total. The third kappa shape index (κ3) is 1.31. The van der Waals surface area contributed by atoms with Crippen molar-refractivity contribution in [3.05, 3.63) is 22.8 Å². The summed E-state index contributed by atoms with van der Waals surface area (Å²) in [7, 11) is 0. The maximum atomic E-state index is 5.69. The number of aryl methyl sites for hydroxylation is 1. The van der Waals surface area contributed by atoms with E-state index in [1.54, 1.807) is 6.07 Å². The van der Waals surface area contributed by atoms with Gasteiger partial charge in [0.05, 0.1) is 6.61 Å². The minimum Gasteiger partial charge on any atom is -0.477 e. The average molecular weight is 170 g/mol. The summed E-state index contributed by atoms with van der Waals surface area (Å²) in [6.45, 7) is 0.764. The van der Waals surface area contributed by atoms with Crippen molar-refractivity contribution in [1.29, 1.82) is 0 Å². The van der Waals surface area contributed by atoms with Crippen LogP contribution in [0.3, 0.4) is 0 Å². The smallest absolute Gasteiger partial charge is 0.217 e. The molecular formula is C8H8ClNO. The highest BCUT2D eigenvalue weighted by atomic mass is 35.5. The number of ether oxygens (including phenoxy) is 1. The van der Waals surface area contributed by atoms with E-state index in [4.69, 9.17) is 16.3 Å². The molecule has 0 bridgehead atoms. The molecule has 0 atom stereocenters. The summed E-state index contributed by atoms with van der Waals surface area (Å²) < 4.78 is 5.31. The standard InChI is InChI=1S/C8H8ClNO/c9-7-4-3-6-2-1-5-11-8(6)10-7/h3-4H,1-2,5H2. The van der Waals surface area contributed by atoms with Crippen LogP contribution >= 0.6 is 11.6 Å². The fourth-order valence-electron chi connectivity index (χ4n) is 1.19. The zero-order chi connectivity index (χ0) is 7.68. The van der Waals surface area contributed by atoms with Crippen molar-refractivity contribution >= 4 is 11.6 Å². The largest absolute Gasteiger partial charge is 0.477 e. The van der Waals surface area contributed by atoms with Crippen LogP contribution in [-0.2, 0) is 6.42 Å². The summed E-state index contributed by atoms with van der Waals surface area (Å²) in [6, 6.07) is 3.78. The van der Waals surface area contributed by atoms with Crippen LogP contribution < -0.4 is 4.74 Å². The van der Waals surface area contributed by atoms with Crippen molar-refractivity contribution in [1.82, 2.24) is 4.98 Å². The normalized spacial score (nSPS) is 15.4. The molecule has 2 nitrogen and oxygen atoms in total. The highest BCUT2D eigenvalue weighted by Gasteiger charge is 2.10. The molecule has 0 saturated carbocycles. The number of halogens is 1. The Morgan fingerprint density at radius 3 is 3.27 bits per heavy atom. The molecule has 58 valence electrons. The molecule has 1 aromatic heterocycles. The molecular weight excluding hydrogens is 162 g/mol. The van der Waals surface area contributed by atoms with Crippen molar-refractivity contribution in [2.24, 2.45) is 0 Å². The van der Waals surface area contributed by atoms with Gasteiger partial charge in [-0.2, -0.15) is 0 Å². The Bertz CT molecular complexity index is 275. The second kappa shape index (κ2) is 2.70. The first-order valence-electron chi connectivity index (χ1n) is 3.64. The van der Waals surface area contributed by atoms with E-state index >= 15 is 0 Å². The van der Waals surface area contributed by atoms with Crippen LogP contribution in [0.5, 0.6) is 5.88 Å². The summed E-state index contributed by atoms with van der Waals surface area (Å²) >= 11 is 5.69. The van der Waals surface area contributed by atoms with Crippen LogP contribution in [0.25, 0.3) is 0 Å². The Morgan fingerprint density at radius 1 is 1.45 bits per heavy atom. The van der Waals surface area contributed by atoms with Gasteiger partial charge in [-0.05, 0) is 18.9 Å². The maximum Gasteiger partial charge on any atom is 0.217 e. The van der Waals surface area contributed by atoms with Gasteiger partial charge in [0.15, 0.2) is 0 Å². The molecule has 0 saturated heterocycles. The summed E-state index contributed by atoms with van der Waals surface area (Å²) in [4.78, 5) is 4.06. The summed E-state index contributed by atoms with van der Waals surface area (Å²) in [5.74, 6) is 0.712. The SMILES string of the molecule is Clc1ccc2c(n1)OCCC2. The predicted octanol–water partition coefficient (Wildman–Crippen LogP) is 2.06. The molecule has 0 aliphatic carbocycles. The Balaban J connectivity index is 2.43. The highest BCUT2D eigenvalue weighted by Crippen LogP contribution is 2.23. The monoisotopic (exact) mass is 169 g/mol. The Hall–Kier alpha value is -0.760. The van der Waals surface area contributed by atoms with Gasteiger partial charge in [-0.25, -0.2) is 4.98 Å². The van der Waals surface area contributed by atoms with E-state index in [0.29, 0.717) is 11.0 Å². The number of hydrogen-bond donors (Lipinski definition) is 0. The lowest BCUT2D eigenvalue weighted by Crippen LogP contribution is -2.09. The van der Waals surface area contributed by atoms with Crippen molar-refractivity contribution in [3.63, 3.8) is 0 Å². The van der Waals surface area contributed by atoms with Gasteiger partial charge >= 0.3 is 0 Å². The van der Waals surface area contributed by atoms with E-state index < -0.39 is 0 Å². The number of fused-ring (bicyclic) bond motifs is 1. The fraction of sp³-hybridized carbons (Fsp3) is 0.375. The molecule has 0 amide bonds. The molecule has 1 aliphatic heterocycles. The second-order valence-electron chi connectivity index (χ2n) is 2.55. The third-order valence-corrected chi connectivity index (χ3v) is 1.94. The second-order valence-corrected chi connectivity index (χ2v) is 2.94. The molecule has 2 heterocycles. The Morgan fingerprint density at radius 2 is 2.36 bits per heavy atom. The van der Waals surface area contributed by atoms with Crippen LogP contribution in [0, 0.1) is 0 Å². The topological polar surface area (TPSA) is 22.1 Å². The number of hydrogen-bond acceptors (Lipinski definition) is 2. The summed E-state index contributed by atoms with van der Waals surface area (Å²) in [6.07, 6.45) is 2.13. The molecule has 0 aromatic carbocycles. The number of aromatic nitrogens is 1. The lowest BCUT2D eigenvalue weighted by molar-refractivity contribution is 0.276. The van der Waals surface area contributed by atoms with Crippen molar-refractivity contribution in [2.45, 2.75) is 12.8 Å². The predicted molar refractivity (Wildman–Crippen MR) is 43.1 cm³/mol. The first kappa shape index (κ1) is 6.92. The molecule has 0 unspecified atom stereocenters. The molecule has 3 heteroatoms. The third-order valence-electron chi connectivity index (χ3n) is 1.73. The van der Waals surface area contributed by atoms with Crippen LogP contribution in [0.4, 0.5) is 0 Å². The molecule has 1 aromatic rings. The Labute approximate surface area is 70.2 Å². The van der Waals surface area contributed by atoms with Crippen LogP contribution in [-0.4, -0.2) is 11.6 Å². The minimum atomic E-state index is 0.505. The van der Waals surface area contributed by atoms with Crippen molar-refractivity contribution in [2.75, 3.05) is 6.61 Å². The first-order valence-corrected chi connectivity index (χ1v) is 4.02. The zero-order valence-electron chi connectivity index (χ0n) is 6.01. The quantitative estimate of drug-likeness (QED) is 0.555. The van der Waals surface area contributed by atoms with Crippen molar-refractivity contribution < 1.29 is 4.74 Å². The van der Waals surface area contributed by atoms with Gasteiger partial charge < -0.3 is 4.74 Å². The number of rotatable bonds is 0. The fourth-order valence-corrected chi connectivity index (χ4v) is 1.33. The van der Waals surface area contributed by atoms with E-state index in [-0.39, 0.29) is 0 Å². The lowest BCUT2D eigenvalue weighted by Gasteiger charge is -2.15.